The number of hydrogen-bond donors (Lipinski definition) is 2. The second-order valence-corrected chi connectivity index (χ2v) is 3.55. The third kappa shape index (κ3) is 2.44. The first-order chi connectivity index (χ1) is 8.20. The number of ether oxygens (including phenoxy) is 1. The minimum atomic E-state index is 0.544. The van der Waals surface area contributed by atoms with Crippen molar-refractivity contribution in [2.45, 2.75) is 6.54 Å². The Kier molecular flexibility index (Phi) is 3.08. The average molecular weight is 234 g/mol. The summed E-state index contributed by atoms with van der Waals surface area (Å²) >= 11 is 0. The fourth-order valence-electron chi connectivity index (χ4n) is 1.49. The van der Waals surface area contributed by atoms with Crippen LogP contribution < -0.4 is 15.8 Å². The smallest absolute Gasteiger partial charge is 0.242 e. The molecular weight excluding hydrogens is 220 g/mol. The number of aromatic nitrogens is 4. The number of methoxy groups -OCH3 is 1. The second kappa shape index (κ2) is 4.69. The summed E-state index contributed by atoms with van der Waals surface area (Å²) in [7, 11) is 3.39. The predicted molar refractivity (Wildman–Crippen MR) is 63.5 cm³/mol. The van der Waals surface area contributed by atoms with Crippen LogP contribution in [0.1, 0.15) is 5.56 Å². The SMILES string of the molecule is COc1ccc(N)cc1CNc1nnnn1C. The molecule has 90 valence electrons. The van der Waals surface area contributed by atoms with Gasteiger partial charge < -0.3 is 15.8 Å². The number of benzene rings is 1. The lowest BCUT2D eigenvalue weighted by molar-refractivity contribution is 0.410. The zero-order valence-electron chi connectivity index (χ0n) is 9.71. The largest absolute Gasteiger partial charge is 0.496 e. The molecule has 0 radical (unpaired) electrons. The van der Waals surface area contributed by atoms with E-state index in [2.05, 4.69) is 20.8 Å². The molecule has 0 spiro atoms. The average Bonchev–Trinajstić information content (AvgIpc) is 2.72. The first-order valence-corrected chi connectivity index (χ1v) is 5.09. The highest BCUT2D eigenvalue weighted by molar-refractivity contribution is 5.48. The van der Waals surface area contributed by atoms with Crippen molar-refractivity contribution in [2.24, 2.45) is 7.05 Å². The Morgan fingerprint density at radius 1 is 1.47 bits per heavy atom. The molecular formula is C10H14N6O. The first-order valence-electron chi connectivity index (χ1n) is 5.09. The molecule has 0 bridgehead atoms. The van der Waals surface area contributed by atoms with Crippen molar-refractivity contribution in [1.29, 1.82) is 0 Å². The van der Waals surface area contributed by atoms with Crippen LogP contribution in [0.25, 0.3) is 0 Å². The summed E-state index contributed by atoms with van der Waals surface area (Å²) in [5.74, 6) is 1.37. The maximum absolute atomic E-state index is 5.73. The van der Waals surface area contributed by atoms with Crippen LogP contribution in [0.2, 0.25) is 0 Å². The zero-order chi connectivity index (χ0) is 12.3. The van der Waals surface area contributed by atoms with Crippen LogP contribution in [-0.4, -0.2) is 27.3 Å². The van der Waals surface area contributed by atoms with Crippen LogP contribution in [0, 0.1) is 0 Å². The lowest BCUT2D eigenvalue weighted by atomic mass is 10.2. The monoisotopic (exact) mass is 234 g/mol. The van der Waals surface area contributed by atoms with Gasteiger partial charge >= 0.3 is 0 Å². The Balaban J connectivity index is 2.13. The number of rotatable bonds is 4. The molecule has 0 aliphatic rings. The molecule has 0 aliphatic carbocycles. The normalized spacial score (nSPS) is 10.2. The summed E-state index contributed by atoms with van der Waals surface area (Å²) in [6.07, 6.45) is 0. The van der Waals surface area contributed by atoms with Crippen molar-refractivity contribution < 1.29 is 4.74 Å². The minimum absolute atomic E-state index is 0.544. The first kappa shape index (κ1) is 11.2. The molecule has 17 heavy (non-hydrogen) atoms. The molecule has 3 N–H and O–H groups in total. The van der Waals surface area contributed by atoms with Gasteiger partial charge in [-0.15, -0.1) is 0 Å². The van der Waals surface area contributed by atoms with E-state index in [1.165, 1.54) is 0 Å². The molecule has 0 amide bonds. The molecule has 7 nitrogen and oxygen atoms in total. The number of nitrogens with zero attached hydrogens (tertiary/aromatic N) is 4. The van der Waals surface area contributed by atoms with Gasteiger partial charge in [-0.25, -0.2) is 4.68 Å². The fraction of sp³-hybridized carbons (Fsp3) is 0.300. The summed E-state index contributed by atoms with van der Waals surface area (Å²) in [5, 5.41) is 14.2. The number of nitrogens with two attached hydrogens (primary N) is 1. The molecule has 0 saturated heterocycles. The third-order valence-corrected chi connectivity index (χ3v) is 2.36. The molecule has 0 fully saturated rings. The zero-order valence-corrected chi connectivity index (χ0v) is 9.71. The maximum Gasteiger partial charge on any atom is 0.242 e. The van der Waals surface area contributed by atoms with E-state index < -0.39 is 0 Å². The molecule has 1 aromatic heterocycles. The predicted octanol–water partition coefficient (Wildman–Crippen LogP) is 0.413. The Morgan fingerprint density at radius 2 is 2.29 bits per heavy atom. The van der Waals surface area contributed by atoms with Crippen LogP contribution in [0.5, 0.6) is 5.75 Å². The van der Waals surface area contributed by atoms with E-state index >= 15 is 0 Å². The minimum Gasteiger partial charge on any atom is -0.496 e. The van der Waals surface area contributed by atoms with Gasteiger partial charge in [0, 0.05) is 24.8 Å². The quantitative estimate of drug-likeness (QED) is 0.745. The molecule has 0 aliphatic heterocycles. The van der Waals surface area contributed by atoms with Crippen LogP contribution in [-0.2, 0) is 13.6 Å². The molecule has 2 aromatic rings. The van der Waals surface area contributed by atoms with E-state index in [1.807, 2.05) is 12.1 Å². The van der Waals surface area contributed by atoms with Gasteiger partial charge in [-0.1, -0.05) is 5.10 Å². The molecule has 7 heteroatoms. The summed E-state index contributed by atoms with van der Waals surface area (Å²) in [4.78, 5) is 0. The molecule has 0 saturated carbocycles. The fourth-order valence-corrected chi connectivity index (χ4v) is 1.49. The summed E-state index contributed by atoms with van der Waals surface area (Å²) in [6, 6.07) is 5.49. The molecule has 2 rings (SSSR count). The highest BCUT2D eigenvalue weighted by Crippen LogP contribution is 2.21. The number of anilines is 2. The van der Waals surface area contributed by atoms with E-state index in [0.717, 1.165) is 11.3 Å². The number of hydrogen-bond acceptors (Lipinski definition) is 6. The second-order valence-electron chi connectivity index (χ2n) is 3.55. The van der Waals surface area contributed by atoms with Crippen molar-refractivity contribution in [2.75, 3.05) is 18.2 Å². The molecule has 0 atom stereocenters. The standard InChI is InChI=1S/C10H14N6O/c1-16-10(13-14-15-16)12-6-7-5-8(11)3-4-9(7)17-2/h3-5H,6,11H2,1-2H3,(H,12,13,15). The summed E-state index contributed by atoms with van der Waals surface area (Å²) in [5.41, 5.74) is 7.38. The van der Waals surface area contributed by atoms with Gasteiger partial charge in [0.05, 0.1) is 7.11 Å². The number of tetrazole rings is 1. The van der Waals surface area contributed by atoms with Gasteiger partial charge in [-0.05, 0) is 28.6 Å². The summed E-state index contributed by atoms with van der Waals surface area (Å²) in [6.45, 7) is 0.544. The van der Waals surface area contributed by atoms with Crippen LogP contribution in [0.3, 0.4) is 0 Å². The number of nitrogen functional groups attached to an aromatic ring is 1. The van der Waals surface area contributed by atoms with E-state index in [4.69, 9.17) is 10.5 Å². The molecule has 0 unspecified atom stereocenters. The van der Waals surface area contributed by atoms with E-state index in [-0.39, 0.29) is 0 Å². The van der Waals surface area contributed by atoms with Crippen molar-refractivity contribution in [3.8, 4) is 5.75 Å². The topological polar surface area (TPSA) is 90.9 Å². The molecule has 1 heterocycles. The Hall–Kier alpha value is -2.31. The van der Waals surface area contributed by atoms with E-state index in [0.29, 0.717) is 18.2 Å². The number of aryl methyl sites for hydroxylation is 1. The highest BCUT2D eigenvalue weighted by atomic mass is 16.5. The maximum atomic E-state index is 5.73. The highest BCUT2D eigenvalue weighted by Gasteiger charge is 2.06. The van der Waals surface area contributed by atoms with Crippen molar-refractivity contribution >= 4 is 11.6 Å². The summed E-state index contributed by atoms with van der Waals surface area (Å²) < 4.78 is 6.80. The lowest BCUT2D eigenvalue weighted by Crippen LogP contribution is -2.07. The van der Waals surface area contributed by atoms with Crippen molar-refractivity contribution in [1.82, 2.24) is 20.2 Å². The lowest BCUT2D eigenvalue weighted by Gasteiger charge is -2.10. The van der Waals surface area contributed by atoms with Gasteiger partial charge in [0.25, 0.3) is 0 Å². The Bertz CT molecular complexity index is 509. The van der Waals surface area contributed by atoms with Gasteiger partial charge in [0.2, 0.25) is 5.95 Å². The Morgan fingerprint density at radius 3 is 2.94 bits per heavy atom. The van der Waals surface area contributed by atoms with Crippen LogP contribution in [0.4, 0.5) is 11.6 Å². The van der Waals surface area contributed by atoms with Gasteiger partial charge in [-0.2, -0.15) is 0 Å². The van der Waals surface area contributed by atoms with E-state index in [9.17, 15) is 0 Å². The van der Waals surface area contributed by atoms with Crippen LogP contribution >= 0.6 is 0 Å². The third-order valence-electron chi connectivity index (χ3n) is 2.36. The number of nitrogens with one attached hydrogen (secondary N) is 1. The van der Waals surface area contributed by atoms with Crippen LogP contribution in [0.15, 0.2) is 18.2 Å². The van der Waals surface area contributed by atoms with E-state index in [1.54, 1.807) is 24.9 Å². The van der Waals surface area contributed by atoms with Crippen molar-refractivity contribution in [3.05, 3.63) is 23.8 Å². The van der Waals surface area contributed by atoms with Gasteiger partial charge in [-0.3, -0.25) is 0 Å². The van der Waals surface area contributed by atoms with Gasteiger partial charge in [0.1, 0.15) is 5.75 Å². The van der Waals surface area contributed by atoms with Crippen molar-refractivity contribution in [3.63, 3.8) is 0 Å². The van der Waals surface area contributed by atoms with Gasteiger partial charge in [0.15, 0.2) is 0 Å². The molecule has 1 aromatic carbocycles. The Labute approximate surface area is 98.6 Å².